The molecule has 1 N–H and O–H groups in total. The molecular formula is C21H20N5O4S-. The highest BCUT2D eigenvalue weighted by Crippen LogP contribution is 2.23. The van der Waals surface area contributed by atoms with E-state index >= 15 is 0 Å². The summed E-state index contributed by atoms with van der Waals surface area (Å²) in [5.41, 5.74) is 3.92. The van der Waals surface area contributed by atoms with E-state index in [1.807, 2.05) is 41.8 Å². The monoisotopic (exact) mass is 438 g/mol. The van der Waals surface area contributed by atoms with E-state index in [1.54, 1.807) is 24.3 Å². The average molecular weight is 438 g/mol. The summed E-state index contributed by atoms with van der Waals surface area (Å²) in [6.45, 7) is 2.09. The van der Waals surface area contributed by atoms with E-state index in [4.69, 9.17) is 4.74 Å². The number of aromatic nitrogens is 3. The van der Waals surface area contributed by atoms with Crippen LogP contribution in [-0.2, 0) is 16.1 Å². The summed E-state index contributed by atoms with van der Waals surface area (Å²) in [4.78, 5) is 22.7. The van der Waals surface area contributed by atoms with E-state index in [2.05, 4.69) is 20.7 Å². The summed E-state index contributed by atoms with van der Waals surface area (Å²) in [5, 5.41) is 23.6. The lowest BCUT2D eigenvalue weighted by Crippen LogP contribution is -2.29. The van der Waals surface area contributed by atoms with Crippen LogP contribution in [0, 0.1) is 0 Å². The van der Waals surface area contributed by atoms with Crippen LogP contribution < -0.4 is 15.3 Å². The number of carbonyl (C=O) groups excluding carboxylic acids is 2. The Morgan fingerprint density at radius 3 is 2.65 bits per heavy atom. The van der Waals surface area contributed by atoms with E-state index in [0.29, 0.717) is 23.0 Å². The van der Waals surface area contributed by atoms with Gasteiger partial charge in [-0.15, -0.1) is 10.2 Å². The number of carboxylic acids is 1. The average Bonchev–Trinajstić information content (AvgIpc) is 3.20. The fraction of sp³-hybridized carbons (Fsp3) is 0.190. The minimum Gasteiger partial charge on any atom is -0.546 e. The number of hydrogen-bond donors (Lipinski definition) is 1. The normalized spacial score (nSPS) is 10.9. The number of hydrogen-bond acceptors (Lipinski definition) is 8. The standard InChI is InChI=1S/C21H21N5O4S/c1-2-26-20(15-8-4-3-5-9-15)24-25-21(26)31-14-18(27)23-22-12-16-10-6-7-11-17(16)30-13-19(28)29/h3-12H,2,13-14H2,1H3,(H,23,27)(H,28,29)/p-1. The molecule has 0 fully saturated rings. The van der Waals surface area contributed by atoms with E-state index in [0.717, 1.165) is 11.4 Å². The van der Waals surface area contributed by atoms with E-state index in [-0.39, 0.29) is 11.7 Å². The number of ether oxygens (including phenoxy) is 1. The zero-order chi connectivity index (χ0) is 22.1. The summed E-state index contributed by atoms with van der Waals surface area (Å²) in [7, 11) is 0. The number of thioether (sulfide) groups is 1. The van der Waals surface area contributed by atoms with Gasteiger partial charge in [-0.3, -0.25) is 4.79 Å². The lowest BCUT2D eigenvalue weighted by atomic mass is 10.2. The van der Waals surface area contributed by atoms with Gasteiger partial charge in [-0.05, 0) is 19.1 Å². The number of para-hydroxylation sites is 1. The van der Waals surface area contributed by atoms with Crippen LogP contribution >= 0.6 is 11.8 Å². The van der Waals surface area contributed by atoms with Gasteiger partial charge >= 0.3 is 0 Å². The number of benzene rings is 2. The predicted molar refractivity (Wildman–Crippen MR) is 115 cm³/mol. The Bertz CT molecular complexity index is 1070. The second-order valence-corrected chi connectivity index (χ2v) is 7.14. The van der Waals surface area contributed by atoms with Gasteiger partial charge in [0.15, 0.2) is 11.0 Å². The van der Waals surface area contributed by atoms with Crippen molar-refractivity contribution >= 4 is 29.9 Å². The Balaban J connectivity index is 1.57. The van der Waals surface area contributed by atoms with Crippen molar-refractivity contribution in [1.82, 2.24) is 20.2 Å². The maximum atomic E-state index is 12.2. The smallest absolute Gasteiger partial charge is 0.250 e. The second-order valence-electron chi connectivity index (χ2n) is 6.20. The molecule has 0 aliphatic carbocycles. The molecule has 0 unspecified atom stereocenters. The van der Waals surface area contributed by atoms with E-state index in [9.17, 15) is 14.7 Å². The summed E-state index contributed by atoms with van der Waals surface area (Å²) < 4.78 is 7.08. The van der Waals surface area contributed by atoms with Gasteiger partial charge in [0.25, 0.3) is 5.91 Å². The number of carbonyl (C=O) groups is 2. The number of rotatable bonds is 10. The van der Waals surface area contributed by atoms with Gasteiger partial charge in [0.05, 0.1) is 17.9 Å². The highest BCUT2D eigenvalue weighted by Gasteiger charge is 2.14. The molecule has 9 nitrogen and oxygen atoms in total. The fourth-order valence-electron chi connectivity index (χ4n) is 2.67. The third-order valence-corrected chi connectivity index (χ3v) is 5.02. The van der Waals surface area contributed by atoms with Crippen LogP contribution in [0.15, 0.2) is 64.9 Å². The minimum atomic E-state index is -1.33. The fourth-order valence-corrected chi connectivity index (χ4v) is 3.47. The summed E-state index contributed by atoms with van der Waals surface area (Å²) in [6, 6.07) is 16.4. The zero-order valence-electron chi connectivity index (χ0n) is 16.7. The lowest BCUT2D eigenvalue weighted by Gasteiger charge is -2.09. The SMILES string of the molecule is CCn1c(SCC(=O)NN=Cc2ccccc2OCC(=O)[O-])nnc1-c1ccccc1. The summed E-state index contributed by atoms with van der Waals surface area (Å²) in [5.74, 6) is -0.470. The van der Waals surface area contributed by atoms with Gasteiger partial charge in [0, 0.05) is 17.7 Å². The van der Waals surface area contributed by atoms with Crippen LogP contribution in [0.1, 0.15) is 12.5 Å². The Hall–Kier alpha value is -3.66. The maximum Gasteiger partial charge on any atom is 0.250 e. The highest BCUT2D eigenvalue weighted by molar-refractivity contribution is 7.99. The molecule has 160 valence electrons. The molecular weight excluding hydrogens is 418 g/mol. The van der Waals surface area contributed by atoms with Gasteiger partial charge in [0.1, 0.15) is 12.4 Å². The first-order valence-corrected chi connectivity index (χ1v) is 10.4. The van der Waals surface area contributed by atoms with Crippen molar-refractivity contribution in [2.75, 3.05) is 12.4 Å². The van der Waals surface area contributed by atoms with Crippen molar-refractivity contribution in [2.24, 2.45) is 5.10 Å². The minimum absolute atomic E-state index is 0.104. The first-order valence-electron chi connectivity index (χ1n) is 9.43. The first-order chi connectivity index (χ1) is 15.1. The van der Waals surface area contributed by atoms with Crippen LogP contribution in [0.25, 0.3) is 11.4 Å². The number of aliphatic carboxylic acids is 1. The molecule has 0 saturated carbocycles. The number of amides is 1. The molecule has 1 aromatic heterocycles. The van der Waals surface area contributed by atoms with Crippen LogP contribution in [0.2, 0.25) is 0 Å². The summed E-state index contributed by atoms with van der Waals surface area (Å²) in [6.07, 6.45) is 1.38. The first kappa shape index (κ1) is 22.0. The Kier molecular flexibility index (Phi) is 7.77. The molecule has 31 heavy (non-hydrogen) atoms. The molecule has 0 saturated heterocycles. The van der Waals surface area contributed by atoms with Gasteiger partial charge < -0.3 is 19.2 Å². The molecule has 0 atom stereocenters. The van der Waals surface area contributed by atoms with Gasteiger partial charge in [-0.1, -0.05) is 54.2 Å². The molecule has 3 rings (SSSR count). The third kappa shape index (κ3) is 6.16. The Morgan fingerprint density at radius 1 is 1.16 bits per heavy atom. The van der Waals surface area contributed by atoms with E-state index in [1.165, 1.54) is 18.0 Å². The zero-order valence-corrected chi connectivity index (χ0v) is 17.5. The molecule has 0 aliphatic rings. The Morgan fingerprint density at radius 2 is 1.90 bits per heavy atom. The van der Waals surface area contributed by atoms with Crippen LogP contribution in [-0.4, -0.2) is 45.2 Å². The van der Waals surface area contributed by atoms with Crippen LogP contribution in [0.5, 0.6) is 5.75 Å². The third-order valence-electron chi connectivity index (χ3n) is 4.05. The van der Waals surface area contributed by atoms with Crippen molar-refractivity contribution < 1.29 is 19.4 Å². The second kappa shape index (κ2) is 10.9. The van der Waals surface area contributed by atoms with Crippen LogP contribution in [0.4, 0.5) is 0 Å². The molecule has 2 aromatic carbocycles. The highest BCUT2D eigenvalue weighted by atomic mass is 32.2. The maximum absolute atomic E-state index is 12.2. The number of nitrogens with one attached hydrogen (secondary N) is 1. The molecule has 0 aliphatic heterocycles. The van der Waals surface area contributed by atoms with Crippen molar-refractivity contribution in [3.05, 3.63) is 60.2 Å². The molecule has 1 amide bonds. The Labute approximate surface area is 183 Å². The largest absolute Gasteiger partial charge is 0.546 e. The van der Waals surface area contributed by atoms with Crippen molar-refractivity contribution in [3.8, 4) is 17.1 Å². The molecule has 10 heteroatoms. The molecule has 0 spiro atoms. The quantitative estimate of drug-likeness (QED) is 0.288. The van der Waals surface area contributed by atoms with Crippen molar-refractivity contribution in [3.63, 3.8) is 0 Å². The van der Waals surface area contributed by atoms with Crippen molar-refractivity contribution in [2.45, 2.75) is 18.6 Å². The lowest BCUT2D eigenvalue weighted by molar-refractivity contribution is -0.307. The topological polar surface area (TPSA) is 122 Å². The van der Waals surface area contributed by atoms with Crippen molar-refractivity contribution in [1.29, 1.82) is 0 Å². The number of hydrazone groups is 1. The van der Waals surface area contributed by atoms with Gasteiger partial charge in [-0.2, -0.15) is 5.10 Å². The van der Waals surface area contributed by atoms with E-state index < -0.39 is 12.6 Å². The molecule has 0 radical (unpaired) electrons. The number of nitrogens with zero attached hydrogens (tertiary/aromatic N) is 4. The predicted octanol–water partition coefficient (Wildman–Crippen LogP) is 1.34. The molecule has 1 heterocycles. The number of carboxylic acid groups (broad SMARTS) is 1. The molecule has 0 bridgehead atoms. The molecule has 3 aromatic rings. The van der Waals surface area contributed by atoms with Crippen LogP contribution in [0.3, 0.4) is 0 Å². The van der Waals surface area contributed by atoms with Gasteiger partial charge in [0.2, 0.25) is 0 Å². The van der Waals surface area contributed by atoms with Gasteiger partial charge in [-0.25, -0.2) is 5.43 Å². The summed E-state index contributed by atoms with van der Waals surface area (Å²) >= 11 is 1.26.